The van der Waals surface area contributed by atoms with Crippen LogP contribution in [0.25, 0.3) is 0 Å². The predicted octanol–water partition coefficient (Wildman–Crippen LogP) is 4.89. The fourth-order valence-corrected chi connectivity index (χ4v) is 5.84. The number of nitrogens with zero attached hydrogens (tertiary/aromatic N) is 1. The largest absolute Gasteiger partial charge is 0.397 e. The van der Waals surface area contributed by atoms with Gasteiger partial charge in [0, 0.05) is 24.2 Å². The molecule has 3 nitrogen and oxygen atoms in total. The monoisotopic (exact) mass is 341 g/mol. The molecule has 4 rings (SSSR count). The van der Waals surface area contributed by atoms with Crippen molar-refractivity contribution >= 4 is 11.4 Å². The molecule has 0 amide bonds. The van der Waals surface area contributed by atoms with Gasteiger partial charge in [-0.05, 0) is 75.3 Å². The number of nitrogen functional groups attached to an aromatic ring is 1. The molecule has 0 radical (unpaired) electrons. The van der Waals surface area contributed by atoms with Gasteiger partial charge in [0.25, 0.3) is 0 Å². The molecule has 3 N–H and O–H groups in total. The van der Waals surface area contributed by atoms with Crippen LogP contribution in [0.1, 0.15) is 65.2 Å². The van der Waals surface area contributed by atoms with Gasteiger partial charge in [-0.2, -0.15) is 0 Å². The van der Waals surface area contributed by atoms with E-state index >= 15 is 0 Å². The molecule has 1 unspecified atom stereocenters. The van der Waals surface area contributed by atoms with Gasteiger partial charge in [-0.15, -0.1) is 0 Å². The molecule has 1 saturated carbocycles. The molecule has 2 heterocycles. The number of rotatable bonds is 4. The zero-order chi connectivity index (χ0) is 17.4. The number of para-hydroxylation sites is 2. The third kappa shape index (κ3) is 3.53. The van der Waals surface area contributed by atoms with Crippen LogP contribution in [0.2, 0.25) is 0 Å². The number of benzene rings is 1. The Balaban J connectivity index is 1.37. The van der Waals surface area contributed by atoms with E-state index in [0.29, 0.717) is 6.04 Å². The fourth-order valence-electron chi connectivity index (χ4n) is 5.84. The zero-order valence-electron chi connectivity index (χ0n) is 16.0. The van der Waals surface area contributed by atoms with E-state index in [9.17, 15) is 0 Å². The first-order chi connectivity index (χ1) is 12.1. The van der Waals surface area contributed by atoms with E-state index in [4.69, 9.17) is 5.73 Å². The molecule has 1 aromatic rings. The van der Waals surface area contributed by atoms with E-state index < -0.39 is 0 Å². The van der Waals surface area contributed by atoms with E-state index in [1.54, 1.807) is 0 Å². The average Bonchev–Trinajstić information content (AvgIpc) is 2.88. The highest BCUT2D eigenvalue weighted by atomic mass is 15.3. The zero-order valence-corrected chi connectivity index (χ0v) is 16.0. The minimum atomic E-state index is 0.588. The minimum absolute atomic E-state index is 0.588. The number of hydrogen-bond donors (Lipinski definition) is 2. The van der Waals surface area contributed by atoms with Crippen molar-refractivity contribution in [3.05, 3.63) is 24.3 Å². The maximum absolute atomic E-state index is 6.13. The summed E-state index contributed by atoms with van der Waals surface area (Å²) in [7, 11) is 0. The minimum Gasteiger partial charge on any atom is -0.397 e. The summed E-state index contributed by atoms with van der Waals surface area (Å²) >= 11 is 0. The van der Waals surface area contributed by atoms with Crippen molar-refractivity contribution in [3.8, 4) is 0 Å². The Kier molecular flexibility index (Phi) is 4.95. The van der Waals surface area contributed by atoms with E-state index in [1.165, 1.54) is 51.4 Å². The SMILES string of the molecule is CC(C)C1CCC(N2[C@@H]3CC[C@H]2CC(Nc2ccccc2N)C3)CC1. The van der Waals surface area contributed by atoms with E-state index in [1.807, 2.05) is 12.1 Å². The van der Waals surface area contributed by atoms with E-state index in [-0.39, 0.29) is 0 Å². The third-order valence-electron chi connectivity index (χ3n) is 7.22. The Hall–Kier alpha value is -1.22. The lowest BCUT2D eigenvalue weighted by molar-refractivity contribution is 0.0466. The normalized spacial score (nSPS) is 35.9. The number of fused-ring (bicyclic) bond motifs is 2. The number of hydrogen-bond acceptors (Lipinski definition) is 3. The molecular formula is C22H35N3. The molecular weight excluding hydrogens is 306 g/mol. The van der Waals surface area contributed by atoms with Gasteiger partial charge in [0.2, 0.25) is 0 Å². The molecule has 2 aliphatic heterocycles. The predicted molar refractivity (Wildman–Crippen MR) is 107 cm³/mol. The molecule has 25 heavy (non-hydrogen) atoms. The Bertz CT molecular complexity index is 562. The molecule has 3 fully saturated rings. The standard InChI is InChI=1S/C22H35N3/c1-15(2)16-7-9-18(10-8-16)25-19-11-12-20(25)14-17(13-19)24-22-6-4-3-5-21(22)23/h3-6,15-20,24H,7-14,23H2,1-2H3/t16?,17?,18?,19-,20+. The molecule has 1 aliphatic carbocycles. The first-order valence-corrected chi connectivity index (χ1v) is 10.5. The lowest BCUT2D eigenvalue weighted by Crippen LogP contribution is -2.52. The van der Waals surface area contributed by atoms with Crippen molar-refractivity contribution in [2.24, 2.45) is 11.8 Å². The summed E-state index contributed by atoms with van der Waals surface area (Å²) in [6.45, 7) is 4.81. The van der Waals surface area contributed by atoms with Crippen LogP contribution >= 0.6 is 0 Å². The van der Waals surface area contributed by atoms with Crippen molar-refractivity contribution in [2.45, 2.75) is 89.4 Å². The number of nitrogens with two attached hydrogens (primary N) is 1. The molecule has 2 bridgehead atoms. The highest BCUT2D eigenvalue weighted by Gasteiger charge is 2.44. The Morgan fingerprint density at radius 3 is 2.12 bits per heavy atom. The highest BCUT2D eigenvalue weighted by molar-refractivity contribution is 5.66. The van der Waals surface area contributed by atoms with Crippen LogP contribution in [0.5, 0.6) is 0 Å². The molecule has 3 heteroatoms. The summed E-state index contributed by atoms with van der Waals surface area (Å²) in [6, 6.07) is 11.2. The molecule has 1 aromatic carbocycles. The van der Waals surface area contributed by atoms with Gasteiger partial charge in [-0.25, -0.2) is 0 Å². The Morgan fingerprint density at radius 1 is 0.920 bits per heavy atom. The van der Waals surface area contributed by atoms with Crippen LogP contribution in [0.15, 0.2) is 24.3 Å². The van der Waals surface area contributed by atoms with Gasteiger partial charge in [0.05, 0.1) is 11.4 Å². The second kappa shape index (κ2) is 7.19. The Morgan fingerprint density at radius 2 is 1.52 bits per heavy atom. The molecule has 0 aromatic heterocycles. The number of piperidine rings is 1. The fraction of sp³-hybridized carbons (Fsp3) is 0.727. The molecule has 138 valence electrons. The highest BCUT2D eigenvalue weighted by Crippen LogP contribution is 2.43. The number of nitrogens with one attached hydrogen (secondary N) is 1. The lowest BCUT2D eigenvalue weighted by Gasteiger charge is -2.46. The Labute approximate surface area is 153 Å². The summed E-state index contributed by atoms with van der Waals surface area (Å²) < 4.78 is 0. The quantitative estimate of drug-likeness (QED) is 0.766. The van der Waals surface area contributed by atoms with E-state index in [2.05, 4.69) is 36.2 Å². The molecule has 0 spiro atoms. The smallest absolute Gasteiger partial charge is 0.0576 e. The summed E-state index contributed by atoms with van der Waals surface area (Å²) in [4.78, 5) is 2.95. The first-order valence-electron chi connectivity index (χ1n) is 10.5. The van der Waals surface area contributed by atoms with Crippen molar-refractivity contribution in [1.29, 1.82) is 0 Å². The second-order valence-electron chi connectivity index (χ2n) is 9.04. The van der Waals surface area contributed by atoms with E-state index in [0.717, 1.165) is 41.3 Å². The maximum atomic E-state index is 6.13. The van der Waals surface area contributed by atoms with Crippen molar-refractivity contribution in [2.75, 3.05) is 11.1 Å². The van der Waals surface area contributed by atoms with Crippen molar-refractivity contribution < 1.29 is 0 Å². The molecule has 2 saturated heterocycles. The molecule has 3 atom stereocenters. The average molecular weight is 342 g/mol. The van der Waals surface area contributed by atoms with Crippen LogP contribution < -0.4 is 11.1 Å². The van der Waals surface area contributed by atoms with Crippen molar-refractivity contribution in [3.63, 3.8) is 0 Å². The number of anilines is 2. The topological polar surface area (TPSA) is 41.3 Å². The third-order valence-corrected chi connectivity index (χ3v) is 7.22. The second-order valence-corrected chi connectivity index (χ2v) is 9.04. The van der Waals surface area contributed by atoms with Crippen LogP contribution in [0, 0.1) is 11.8 Å². The van der Waals surface area contributed by atoms with Crippen LogP contribution in [0.3, 0.4) is 0 Å². The van der Waals surface area contributed by atoms with Crippen LogP contribution in [0.4, 0.5) is 11.4 Å². The summed E-state index contributed by atoms with van der Waals surface area (Å²) in [5.41, 5.74) is 8.13. The van der Waals surface area contributed by atoms with Gasteiger partial charge >= 0.3 is 0 Å². The van der Waals surface area contributed by atoms with Gasteiger partial charge in [0.1, 0.15) is 0 Å². The van der Waals surface area contributed by atoms with Gasteiger partial charge in [-0.1, -0.05) is 26.0 Å². The van der Waals surface area contributed by atoms with Crippen LogP contribution in [-0.2, 0) is 0 Å². The summed E-state index contributed by atoms with van der Waals surface area (Å²) in [5.74, 6) is 1.83. The van der Waals surface area contributed by atoms with Crippen molar-refractivity contribution in [1.82, 2.24) is 4.90 Å². The van der Waals surface area contributed by atoms with Crippen LogP contribution in [-0.4, -0.2) is 29.1 Å². The maximum Gasteiger partial charge on any atom is 0.0576 e. The summed E-state index contributed by atoms with van der Waals surface area (Å²) in [5, 5.41) is 3.74. The van der Waals surface area contributed by atoms with Gasteiger partial charge in [0.15, 0.2) is 0 Å². The molecule has 3 aliphatic rings. The van der Waals surface area contributed by atoms with Gasteiger partial charge in [-0.3, -0.25) is 4.90 Å². The lowest BCUT2D eigenvalue weighted by atomic mass is 9.78. The summed E-state index contributed by atoms with van der Waals surface area (Å²) in [6.07, 6.45) is 11.1. The first kappa shape index (κ1) is 17.2. The van der Waals surface area contributed by atoms with Gasteiger partial charge < -0.3 is 11.1 Å².